The molecule has 0 radical (unpaired) electrons. The predicted molar refractivity (Wildman–Crippen MR) is 203 cm³/mol. The van der Waals surface area contributed by atoms with Crippen molar-refractivity contribution < 1.29 is 46.9 Å². The number of hydrogen-bond acceptors (Lipinski definition) is 11. The maximum Gasteiger partial charge on any atom is 0.250 e. The fourth-order valence-corrected chi connectivity index (χ4v) is 7.05. The van der Waals surface area contributed by atoms with E-state index in [-0.39, 0.29) is 61.7 Å². The standard InChI is InChI=1S/C39H49F2N5O8S/c40-31-14-12-30(32-26-55-39(44-32)46-17-21-52-22-18-46)37(36(31)41)54-19-6-4-2-1-3-5-7-33(47)42-16-20-51-23-24-53-25-35(49)43-28-10-8-27(9-11-28)29-13-15-34(48)45-38(29)50/h8-12,14,26,29H,1-7,13,15-25H2,(H,42,47)(H,43,49)(H,45,48,50). The number of nitrogens with zero attached hydrogens (tertiary/aromatic N) is 2. The van der Waals surface area contributed by atoms with Gasteiger partial charge in [-0.3, -0.25) is 24.5 Å². The Morgan fingerprint density at radius 1 is 0.909 bits per heavy atom. The molecule has 13 nitrogen and oxygen atoms in total. The Labute approximate surface area is 323 Å². The molecule has 16 heteroatoms. The van der Waals surface area contributed by atoms with Crippen LogP contribution in [0.1, 0.15) is 69.3 Å². The Balaban J connectivity index is 0.838. The number of benzene rings is 2. The summed E-state index contributed by atoms with van der Waals surface area (Å²) in [6.07, 6.45) is 6.30. The monoisotopic (exact) mass is 785 g/mol. The highest BCUT2D eigenvalue weighted by molar-refractivity contribution is 7.14. The fraction of sp³-hybridized carbons (Fsp3) is 0.513. The first kappa shape index (κ1) is 41.6. The van der Waals surface area contributed by atoms with Gasteiger partial charge in [-0.1, -0.05) is 37.8 Å². The zero-order valence-corrected chi connectivity index (χ0v) is 31.7. The summed E-state index contributed by atoms with van der Waals surface area (Å²) < 4.78 is 50.9. The van der Waals surface area contributed by atoms with Crippen molar-refractivity contribution in [1.29, 1.82) is 0 Å². The minimum Gasteiger partial charge on any atom is -0.490 e. The van der Waals surface area contributed by atoms with E-state index in [4.69, 9.17) is 18.9 Å². The third-order valence-corrected chi connectivity index (χ3v) is 10.1. The van der Waals surface area contributed by atoms with E-state index < -0.39 is 11.6 Å². The maximum atomic E-state index is 14.8. The molecule has 0 bridgehead atoms. The number of anilines is 2. The molecule has 55 heavy (non-hydrogen) atoms. The van der Waals surface area contributed by atoms with Gasteiger partial charge in [0.15, 0.2) is 16.7 Å². The summed E-state index contributed by atoms with van der Waals surface area (Å²) in [7, 11) is 0. The molecule has 3 aromatic rings. The van der Waals surface area contributed by atoms with Gasteiger partial charge >= 0.3 is 0 Å². The summed E-state index contributed by atoms with van der Waals surface area (Å²) in [5, 5.41) is 10.6. The molecule has 2 fully saturated rings. The molecule has 3 N–H and O–H groups in total. The largest absolute Gasteiger partial charge is 0.490 e. The van der Waals surface area contributed by atoms with E-state index in [0.29, 0.717) is 69.0 Å². The predicted octanol–water partition coefficient (Wildman–Crippen LogP) is 5.34. The second kappa shape index (κ2) is 22.1. The van der Waals surface area contributed by atoms with E-state index in [1.807, 2.05) is 5.38 Å². The zero-order valence-electron chi connectivity index (χ0n) is 30.9. The first-order valence-electron chi connectivity index (χ1n) is 18.8. The number of amides is 4. The molecular formula is C39H49F2N5O8S. The molecular weight excluding hydrogens is 737 g/mol. The first-order valence-corrected chi connectivity index (χ1v) is 19.7. The van der Waals surface area contributed by atoms with Crippen molar-refractivity contribution in [1.82, 2.24) is 15.6 Å². The number of nitrogens with one attached hydrogen (secondary N) is 3. The summed E-state index contributed by atoms with van der Waals surface area (Å²) in [6, 6.07) is 9.53. The molecule has 0 spiro atoms. The highest BCUT2D eigenvalue weighted by Gasteiger charge is 2.28. The highest BCUT2D eigenvalue weighted by atomic mass is 32.1. The van der Waals surface area contributed by atoms with Gasteiger partial charge in [-0.25, -0.2) is 9.37 Å². The van der Waals surface area contributed by atoms with Gasteiger partial charge in [-0.15, -0.1) is 11.3 Å². The molecule has 3 heterocycles. The molecule has 2 aliphatic rings. The van der Waals surface area contributed by atoms with Gasteiger partial charge in [0.25, 0.3) is 0 Å². The van der Waals surface area contributed by atoms with E-state index in [2.05, 4.69) is 25.8 Å². The average molecular weight is 786 g/mol. The van der Waals surface area contributed by atoms with Crippen LogP contribution in [0.3, 0.4) is 0 Å². The fourth-order valence-electron chi connectivity index (χ4n) is 6.17. The van der Waals surface area contributed by atoms with Gasteiger partial charge in [-0.2, -0.15) is 4.39 Å². The number of halogens is 2. The third kappa shape index (κ3) is 13.3. The second-order valence-electron chi connectivity index (χ2n) is 13.3. The third-order valence-electron chi connectivity index (χ3n) is 9.15. The van der Waals surface area contributed by atoms with Crippen molar-refractivity contribution >= 4 is 45.8 Å². The molecule has 2 saturated heterocycles. The summed E-state index contributed by atoms with van der Waals surface area (Å²) in [5.41, 5.74) is 2.34. The summed E-state index contributed by atoms with van der Waals surface area (Å²) in [4.78, 5) is 54.5. The van der Waals surface area contributed by atoms with Crippen LogP contribution in [0.5, 0.6) is 5.75 Å². The van der Waals surface area contributed by atoms with E-state index in [1.165, 1.54) is 17.4 Å². The number of hydrogen-bond donors (Lipinski definition) is 3. The van der Waals surface area contributed by atoms with Gasteiger partial charge < -0.3 is 34.5 Å². The average Bonchev–Trinajstić information content (AvgIpc) is 3.68. The van der Waals surface area contributed by atoms with Crippen molar-refractivity contribution in [3.63, 3.8) is 0 Å². The van der Waals surface area contributed by atoms with Crippen LogP contribution in [-0.4, -0.2) is 94.5 Å². The van der Waals surface area contributed by atoms with Crippen molar-refractivity contribution in [3.8, 4) is 17.0 Å². The minimum absolute atomic E-state index is 0.0415. The number of thiazole rings is 1. The van der Waals surface area contributed by atoms with Crippen LogP contribution < -0.4 is 25.6 Å². The Hall–Kier alpha value is -4.51. The van der Waals surface area contributed by atoms with Gasteiger partial charge in [-0.05, 0) is 49.1 Å². The number of morpholine rings is 1. The van der Waals surface area contributed by atoms with Gasteiger partial charge in [0.1, 0.15) is 6.61 Å². The van der Waals surface area contributed by atoms with Crippen molar-refractivity contribution in [2.24, 2.45) is 0 Å². The Morgan fingerprint density at radius 3 is 2.44 bits per heavy atom. The van der Waals surface area contributed by atoms with Crippen LogP contribution in [0, 0.1) is 11.6 Å². The lowest BCUT2D eigenvalue weighted by Gasteiger charge is -2.26. The molecule has 1 aromatic heterocycles. The number of ether oxygens (including phenoxy) is 4. The smallest absolute Gasteiger partial charge is 0.250 e. The Kier molecular flexibility index (Phi) is 16.8. The number of imide groups is 1. The number of unbranched alkanes of at least 4 members (excludes halogenated alkanes) is 5. The zero-order chi connectivity index (χ0) is 38.8. The quantitative estimate of drug-likeness (QED) is 0.0898. The molecule has 1 atom stereocenters. The molecule has 0 aliphatic carbocycles. The van der Waals surface area contributed by atoms with Crippen LogP contribution in [-0.2, 0) is 33.4 Å². The summed E-state index contributed by atoms with van der Waals surface area (Å²) >= 11 is 1.46. The first-order chi connectivity index (χ1) is 26.8. The Morgan fingerprint density at radius 2 is 1.65 bits per heavy atom. The lowest BCUT2D eigenvalue weighted by atomic mass is 9.90. The number of piperidine rings is 1. The molecule has 5 rings (SSSR count). The van der Waals surface area contributed by atoms with E-state index >= 15 is 0 Å². The highest BCUT2D eigenvalue weighted by Crippen LogP contribution is 2.36. The lowest BCUT2D eigenvalue weighted by molar-refractivity contribution is -0.134. The SMILES string of the molecule is O=C(CCCCCCCCOc1c(-c2csc(N3CCOCC3)n2)ccc(F)c1F)NCCOCCOCC(=O)Nc1ccc(C2CCC(=O)NC2=O)cc1. The topological polar surface area (TPSA) is 157 Å². The number of carbonyl (C=O) groups excluding carboxylic acids is 4. The summed E-state index contributed by atoms with van der Waals surface area (Å²) in [5.74, 6) is -3.40. The van der Waals surface area contributed by atoms with Crippen molar-refractivity contribution in [2.45, 2.75) is 63.7 Å². The van der Waals surface area contributed by atoms with Crippen molar-refractivity contribution in [3.05, 3.63) is 59.0 Å². The van der Waals surface area contributed by atoms with E-state index in [0.717, 1.165) is 62.0 Å². The normalized spacial score (nSPS) is 15.8. The van der Waals surface area contributed by atoms with E-state index in [1.54, 1.807) is 24.3 Å². The van der Waals surface area contributed by atoms with Crippen LogP contribution in [0.2, 0.25) is 0 Å². The maximum absolute atomic E-state index is 14.8. The molecule has 1 unspecified atom stereocenters. The Bertz CT molecular complexity index is 1720. The molecule has 2 aromatic carbocycles. The molecule has 4 amide bonds. The molecule has 298 valence electrons. The van der Waals surface area contributed by atoms with Gasteiger partial charge in [0.2, 0.25) is 29.4 Å². The molecule has 2 aliphatic heterocycles. The summed E-state index contributed by atoms with van der Waals surface area (Å²) in [6.45, 7) is 4.02. The number of aromatic nitrogens is 1. The van der Waals surface area contributed by atoms with Crippen LogP contribution in [0.4, 0.5) is 19.6 Å². The second-order valence-corrected chi connectivity index (χ2v) is 14.1. The van der Waals surface area contributed by atoms with Crippen LogP contribution >= 0.6 is 11.3 Å². The van der Waals surface area contributed by atoms with Crippen molar-refractivity contribution in [2.75, 3.05) is 76.1 Å². The van der Waals surface area contributed by atoms with Crippen LogP contribution in [0.15, 0.2) is 41.8 Å². The van der Waals surface area contributed by atoms with Crippen LogP contribution in [0.25, 0.3) is 11.3 Å². The minimum atomic E-state index is -1.01. The molecule has 0 saturated carbocycles. The number of carbonyl (C=O) groups is 4. The lowest BCUT2D eigenvalue weighted by Crippen LogP contribution is -2.39. The van der Waals surface area contributed by atoms with Gasteiger partial charge in [0.05, 0.1) is 51.3 Å². The van der Waals surface area contributed by atoms with Gasteiger partial charge in [0, 0.05) is 49.1 Å². The van der Waals surface area contributed by atoms with E-state index in [9.17, 15) is 28.0 Å². The number of rotatable bonds is 22.